The van der Waals surface area contributed by atoms with Gasteiger partial charge in [0.1, 0.15) is 0 Å². The normalized spacial score (nSPS) is 15.5. The molecule has 0 saturated carbocycles. The molecule has 0 bridgehead atoms. The van der Waals surface area contributed by atoms with Crippen molar-refractivity contribution in [3.63, 3.8) is 0 Å². The van der Waals surface area contributed by atoms with E-state index in [9.17, 15) is 0 Å². The number of hydrogen-bond donors (Lipinski definition) is 0. The van der Waals surface area contributed by atoms with Gasteiger partial charge < -0.3 is 14.0 Å². The Bertz CT molecular complexity index is 3970. The van der Waals surface area contributed by atoms with Crippen molar-refractivity contribution in [2.75, 3.05) is 4.90 Å². The lowest BCUT2D eigenvalue weighted by atomic mass is 9.65. The molecule has 0 aliphatic heterocycles. The van der Waals surface area contributed by atoms with E-state index < -0.39 is 5.41 Å². The first kappa shape index (κ1) is 38.6. The second-order valence-corrected chi connectivity index (χ2v) is 18.3. The van der Waals surface area contributed by atoms with E-state index in [1.165, 1.54) is 93.5 Å². The van der Waals surface area contributed by atoms with Crippen LogP contribution in [0.5, 0.6) is 0 Å². The summed E-state index contributed by atoms with van der Waals surface area (Å²) in [4.78, 5) is 2.52. The SMILES string of the molecule is C1=C(N(c2ccccc2)c2ccc3c(c2)c2ccccc2n3-c2ccccc2)CCC=C1C1(c2ccccc2)c2cc(-n3c4ccccc4c4ccccc43)ccc2-c2c1ccc1ccccc21. The summed E-state index contributed by atoms with van der Waals surface area (Å²) in [5, 5.41) is 7.54. The van der Waals surface area contributed by atoms with Crippen molar-refractivity contribution in [2.45, 2.75) is 18.3 Å². The van der Waals surface area contributed by atoms with Crippen molar-refractivity contribution < 1.29 is 0 Å². The number of nitrogens with zero attached hydrogens (tertiary/aromatic N) is 3. The number of benzene rings is 10. The van der Waals surface area contributed by atoms with Crippen LogP contribution in [-0.4, -0.2) is 9.13 Å². The molecule has 3 nitrogen and oxygen atoms in total. The highest BCUT2D eigenvalue weighted by Crippen LogP contribution is 2.60. The molecule has 0 amide bonds. The van der Waals surface area contributed by atoms with Gasteiger partial charge in [0, 0.05) is 50.0 Å². The quantitative estimate of drug-likeness (QED) is 0.156. The summed E-state index contributed by atoms with van der Waals surface area (Å²) < 4.78 is 4.87. The van der Waals surface area contributed by atoms with Gasteiger partial charge in [-0.1, -0.05) is 170 Å². The van der Waals surface area contributed by atoms with Crippen molar-refractivity contribution in [1.29, 1.82) is 0 Å². The van der Waals surface area contributed by atoms with Crippen molar-refractivity contribution in [2.24, 2.45) is 0 Å². The first-order chi connectivity index (χ1) is 33.8. The van der Waals surface area contributed by atoms with E-state index in [-0.39, 0.29) is 0 Å². The molecule has 68 heavy (non-hydrogen) atoms. The topological polar surface area (TPSA) is 13.1 Å². The third-order valence-electron chi connectivity index (χ3n) is 14.8. The average Bonchev–Trinajstić information content (AvgIpc) is 4.04. The van der Waals surface area contributed by atoms with E-state index in [0.717, 1.165) is 35.6 Å². The van der Waals surface area contributed by atoms with Crippen LogP contribution in [-0.2, 0) is 5.41 Å². The molecule has 10 aromatic carbocycles. The highest BCUT2D eigenvalue weighted by molar-refractivity contribution is 6.11. The van der Waals surface area contributed by atoms with Gasteiger partial charge in [-0.15, -0.1) is 0 Å². The summed E-state index contributed by atoms with van der Waals surface area (Å²) in [5.74, 6) is 0. The van der Waals surface area contributed by atoms with Crippen LogP contribution in [0, 0.1) is 0 Å². The molecule has 14 rings (SSSR count). The largest absolute Gasteiger partial charge is 0.314 e. The smallest absolute Gasteiger partial charge is 0.0712 e. The molecule has 1 unspecified atom stereocenters. The van der Waals surface area contributed by atoms with E-state index in [1.54, 1.807) is 0 Å². The van der Waals surface area contributed by atoms with Crippen molar-refractivity contribution >= 4 is 65.8 Å². The van der Waals surface area contributed by atoms with Crippen LogP contribution in [0.3, 0.4) is 0 Å². The lowest BCUT2D eigenvalue weighted by Crippen LogP contribution is -2.31. The fourth-order valence-corrected chi connectivity index (χ4v) is 12.0. The predicted molar refractivity (Wildman–Crippen MR) is 285 cm³/mol. The maximum absolute atomic E-state index is 2.54. The second kappa shape index (κ2) is 15.2. The van der Waals surface area contributed by atoms with Gasteiger partial charge in [-0.05, 0) is 136 Å². The van der Waals surface area contributed by atoms with Gasteiger partial charge >= 0.3 is 0 Å². The van der Waals surface area contributed by atoms with Crippen LogP contribution in [0.15, 0.2) is 260 Å². The van der Waals surface area contributed by atoms with Crippen LogP contribution in [0.25, 0.3) is 76.9 Å². The molecule has 0 fully saturated rings. The number of rotatable bonds is 7. The zero-order chi connectivity index (χ0) is 44.8. The number of hydrogen-bond acceptors (Lipinski definition) is 1. The number of fused-ring (bicyclic) bond motifs is 11. The summed E-state index contributed by atoms with van der Waals surface area (Å²) in [6.45, 7) is 0. The molecule has 0 N–H and O–H groups in total. The van der Waals surface area contributed by atoms with E-state index in [4.69, 9.17) is 0 Å². The molecule has 1 atom stereocenters. The van der Waals surface area contributed by atoms with Gasteiger partial charge in [0.05, 0.1) is 27.5 Å². The average molecular weight is 868 g/mol. The zero-order valence-electron chi connectivity index (χ0n) is 37.4. The Balaban J connectivity index is 1.03. The van der Waals surface area contributed by atoms with Crippen molar-refractivity contribution in [3.8, 4) is 22.5 Å². The van der Waals surface area contributed by atoms with E-state index in [1.807, 2.05) is 0 Å². The maximum Gasteiger partial charge on any atom is 0.0712 e. The summed E-state index contributed by atoms with van der Waals surface area (Å²) >= 11 is 0. The monoisotopic (exact) mass is 867 g/mol. The maximum atomic E-state index is 2.54. The summed E-state index contributed by atoms with van der Waals surface area (Å²) in [6.07, 6.45) is 6.88. The molecule has 320 valence electrons. The van der Waals surface area contributed by atoms with Crippen LogP contribution >= 0.6 is 0 Å². The highest BCUT2D eigenvalue weighted by Gasteiger charge is 2.48. The molecule has 0 spiro atoms. The van der Waals surface area contributed by atoms with Gasteiger partial charge in [-0.2, -0.15) is 0 Å². The number of anilines is 2. The molecule has 2 heterocycles. The minimum atomic E-state index is -0.619. The minimum Gasteiger partial charge on any atom is -0.314 e. The summed E-state index contributed by atoms with van der Waals surface area (Å²) in [5.41, 5.74) is 17.9. The first-order valence-electron chi connectivity index (χ1n) is 23.8. The predicted octanol–water partition coefficient (Wildman–Crippen LogP) is 16.8. The number of para-hydroxylation sites is 5. The Kier molecular flexibility index (Phi) is 8.63. The van der Waals surface area contributed by atoms with E-state index in [2.05, 4.69) is 263 Å². The van der Waals surface area contributed by atoms with Crippen LogP contribution < -0.4 is 4.90 Å². The van der Waals surface area contributed by atoms with Crippen LogP contribution in [0.2, 0.25) is 0 Å². The molecular weight excluding hydrogens is 823 g/mol. The molecule has 2 aromatic heterocycles. The van der Waals surface area contributed by atoms with Gasteiger partial charge in [0.25, 0.3) is 0 Å². The number of aromatic nitrogens is 2. The standard InChI is InChI=1S/C65H45N3/c1-4-20-45(21-5-1)65(58-39-35-44-19-10-11-28-52(44)64(58)56-38-36-51(43-59(56)65)68-60-32-15-12-29-53(60)54-30-13-16-33-61(54)68)46-22-18-27-49(41-46)66(47-23-6-2-7-24-47)50-37-40-63-57(42-50)55-31-14-17-34-62(55)67(63)48-25-8-3-9-26-48/h1-17,19-26,28-43H,18,27H2. The molecule has 2 aliphatic carbocycles. The third-order valence-corrected chi connectivity index (χ3v) is 14.8. The number of allylic oxidation sites excluding steroid dienone is 4. The highest BCUT2D eigenvalue weighted by atomic mass is 15.1. The van der Waals surface area contributed by atoms with Crippen LogP contribution in [0.1, 0.15) is 29.5 Å². The second-order valence-electron chi connectivity index (χ2n) is 18.3. The molecular formula is C65H45N3. The fourth-order valence-electron chi connectivity index (χ4n) is 12.0. The van der Waals surface area contributed by atoms with Gasteiger partial charge in [-0.25, -0.2) is 0 Å². The minimum absolute atomic E-state index is 0.619. The zero-order valence-corrected chi connectivity index (χ0v) is 37.4. The Hall–Kier alpha value is -8.66. The molecule has 2 aliphatic rings. The van der Waals surface area contributed by atoms with E-state index >= 15 is 0 Å². The Labute approximate surface area is 395 Å². The lowest BCUT2D eigenvalue weighted by Gasteiger charge is -2.38. The molecule has 3 heteroatoms. The van der Waals surface area contributed by atoms with Crippen molar-refractivity contribution in [1.82, 2.24) is 9.13 Å². The Morgan fingerprint density at radius 2 is 0.971 bits per heavy atom. The third kappa shape index (κ3) is 5.60. The van der Waals surface area contributed by atoms with Gasteiger partial charge in [-0.3, -0.25) is 0 Å². The summed E-state index contributed by atoms with van der Waals surface area (Å²) in [6, 6.07) is 87.6. The fraction of sp³-hybridized carbons (Fsp3) is 0.0462. The van der Waals surface area contributed by atoms with E-state index in [0.29, 0.717) is 0 Å². The van der Waals surface area contributed by atoms with Gasteiger partial charge in [0.2, 0.25) is 0 Å². The summed E-state index contributed by atoms with van der Waals surface area (Å²) in [7, 11) is 0. The Morgan fingerprint density at radius 1 is 0.397 bits per heavy atom. The Morgan fingerprint density at radius 3 is 1.68 bits per heavy atom. The van der Waals surface area contributed by atoms with Crippen molar-refractivity contribution in [3.05, 3.63) is 277 Å². The molecule has 12 aromatic rings. The van der Waals surface area contributed by atoms with Gasteiger partial charge in [0.15, 0.2) is 0 Å². The first-order valence-corrected chi connectivity index (χ1v) is 23.8. The molecule has 0 radical (unpaired) electrons. The van der Waals surface area contributed by atoms with Crippen LogP contribution in [0.4, 0.5) is 11.4 Å². The molecule has 0 saturated heterocycles. The lowest BCUT2D eigenvalue weighted by molar-refractivity contribution is 0.741.